The predicted octanol–water partition coefficient (Wildman–Crippen LogP) is 3.86. The fourth-order valence-electron chi connectivity index (χ4n) is 3.61. The highest BCUT2D eigenvalue weighted by molar-refractivity contribution is 6.32. The summed E-state index contributed by atoms with van der Waals surface area (Å²) in [4.78, 5) is 14.1. The average molecular weight is 468 g/mol. The standard InChI is InChI=1S/C25H26ClN3O4/c1-31-23-14-19(15-27-28-24(30)16-29-8-10-32-11-9-29)13-22(26)25(23)33-17-18-6-7-20-4-2-3-5-21(20)12-18/h2-7,12-15H,8-11,16-17H2,1H3,(H,28,30)/b27-15+. The molecule has 0 saturated carbocycles. The average Bonchev–Trinajstić information content (AvgIpc) is 2.83. The van der Waals surface area contributed by atoms with Gasteiger partial charge in [0.1, 0.15) is 6.61 Å². The second kappa shape index (κ2) is 11.1. The number of nitrogens with one attached hydrogen (secondary N) is 1. The molecule has 0 unspecified atom stereocenters. The number of hydrogen-bond donors (Lipinski definition) is 1. The van der Waals surface area contributed by atoms with Crippen molar-refractivity contribution in [2.45, 2.75) is 6.61 Å². The first-order valence-corrected chi connectivity index (χ1v) is 11.1. The van der Waals surface area contributed by atoms with Crippen LogP contribution >= 0.6 is 11.6 Å². The molecule has 0 aliphatic carbocycles. The number of carbonyl (C=O) groups is 1. The van der Waals surface area contributed by atoms with Crippen molar-refractivity contribution in [3.8, 4) is 11.5 Å². The van der Waals surface area contributed by atoms with E-state index >= 15 is 0 Å². The number of morpholine rings is 1. The second-order valence-corrected chi connectivity index (χ2v) is 8.09. The zero-order valence-electron chi connectivity index (χ0n) is 18.4. The van der Waals surface area contributed by atoms with Crippen LogP contribution in [0.4, 0.5) is 0 Å². The first kappa shape index (κ1) is 23.0. The number of benzene rings is 3. The van der Waals surface area contributed by atoms with Gasteiger partial charge in [0, 0.05) is 13.1 Å². The molecule has 1 aliphatic rings. The summed E-state index contributed by atoms with van der Waals surface area (Å²) >= 11 is 6.47. The van der Waals surface area contributed by atoms with Crippen LogP contribution in [0.3, 0.4) is 0 Å². The van der Waals surface area contributed by atoms with Gasteiger partial charge in [-0.05, 0) is 40.1 Å². The number of fused-ring (bicyclic) bond motifs is 1. The van der Waals surface area contributed by atoms with E-state index in [0.29, 0.717) is 41.9 Å². The van der Waals surface area contributed by atoms with Gasteiger partial charge in [-0.3, -0.25) is 9.69 Å². The third kappa shape index (κ3) is 6.22. The van der Waals surface area contributed by atoms with Gasteiger partial charge in [-0.1, -0.05) is 48.0 Å². The van der Waals surface area contributed by atoms with E-state index in [-0.39, 0.29) is 12.5 Å². The third-order valence-electron chi connectivity index (χ3n) is 5.32. The summed E-state index contributed by atoms with van der Waals surface area (Å²) in [5.41, 5.74) is 4.25. The van der Waals surface area contributed by atoms with Crippen LogP contribution < -0.4 is 14.9 Å². The van der Waals surface area contributed by atoms with Gasteiger partial charge in [0.25, 0.3) is 5.91 Å². The lowest BCUT2D eigenvalue weighted by Gasteiger charge is -2.25. The molecule has 33 heavy (non-hydrogen) atoms. The lowest BCUT2D eigenvalue weighted by atomic mass is 10.1. The van der Waals surface area contributed by atoms with Crippen molar-refractivity contribution in [1.29, 1.82) is 0 Å². The lowest BCUT2D eigenvalue weighted by Crippen LogP contribution is -2.42. The minimum Gasteiger partial charge on any atom is -0.493 e. The van der Waals surface area contributed by atoms with Gasteiger partial charge in [-0.2, -0.15) is 5.10 Å². The summed E-state index contributed by atoms with van der Waals surface area (Å²) in [6, 6.07) is 17.9. The summed E-state index contributed by atoms with van der Waals surface area (Å²) in [5, 5.41) is 6.77. The summed E-state index contributed by atoms with van der Waals surface area (Å²) in [6.07, 6.45) is 1.53. The molecule has 172 valence electrons. The summed E-state index contributed by atoms with van der Waals surface area (Å²) in [6.45, 7) is 3.40. The Kier molecular flexibility index (Phi) is 7.78. The van der Waals surface area contributed by atoms with Crippen molar-refractivity contribution in [2.24, 2.45) is 5.10 Å². The molecule has 1 fully saturated rings. The van der Waals surface area contributed by atoms with E-state index in [0.717, 1.165) is 24.0 Å². The number of hydrogen-bond acceptors (Lipinski definition) is 6. The number of rotatable bonds is 8. The van der Waals surface area contributed by atoms with E-state index in [9.17, 15) is 4.79 Å². The Hall–Kier alpha value is -3.13. The molecular formula is C25H26ClN3O4. The molecule has 1 N–H and O–H groups in total. The molecule has 0 spiro atoms. The predicted molar refractivity (Wildman–Crippen MR) is 129 cm³/mol. The number of methoxy groups -OCH3 is 1. The maximum atomic E-state index is 12.1. The zero-order valence-corrected chi connectivity index (χ0v) is 19.2. The van der Waals surface area contributed by atoms with Gasteiger partial charge in [-0.15, -0.1) is 0 Å². The van der Waals surface area contributed by atoms with Crippen LogP contribution in [0, 0.1) is 0 Å². The quantitative estimate of drug-likeness (QED) is 0.402. The van der Waals surface area contributed by atoms with Crippen molar-refractivity contribution in [3.05, 3.63) is 70.7 Å². The molecule has 3 aromatic carbocycles. The molecule has 4 rings (SSSR count). The van der Waals surface area contributed by atoms with Crippen LogP contribution in [0.5, 0.6) is 11.5 Å². The monoisotopic (exact) mass is 467 g/mol. The number of hydrazone groups is 1. The van der Waals surface area contributed by atoms with Gasteiger partial charge in [0.2, 0.25) is 0 Å². The molecule has 8 heteroatoms. The van der Waals surface area contributed by atoms with Crippen LogP contribution in [0.25, 0.3) is 10.8 Å². The van der Waals surface area contributed by atoms with Gasteiger partial charge >= 0.3 is 0 Å². The Labute approximate surface area is 197 Å². The number of carbonyl (C=O) groups excluding carboxylic acids is 1. The highest BCUT2D eigenvalue weighted by atomic mass is 35.5. The van der Waals surface area contributed by atoms with Crippen LogP contribution in [0.15, 0.2) is 59.7 Å². The smallest absolute Gasteiger partial charge is 0.254 e. The normalized spacial score (nSPS) is 14.5. The minimum atomic E-state index is -0.179. The molecule has 7 nitrogen and oxygen atoms in total. The van der Waals surface area contributed by atoms with Crippen molar-refractivity contribution in [1.82, 2.24) is 10.3 Å². The fraction of sp³-hybridized carbons (Fsp3) is 0.280. The van der Waals surface area contributed by atoms with E-state index in [1.165, 1.54) is 11.6 Å². The van der Waals surface area contributed by atoms with Crippen LogP contribution in [0.1, 0.15) is 11.1 Å². The Morgan fingerprint density at radius 3 is 2.73 bits per heavy atom. The second-order valence-electron chi connectivity index (χ2n) is 7.69. The molecule has 0 atom stereocenters. The molecule has 1 saturated heterocycles. The molecule has 3 aromatic rings. The van der Waals surface area contributed by atoms with Gasteiger partial charge < -0.3 is 14.2 Å². The van der Waals surface area contributed by atoms with Crippen LogP contribution in [-0.4, -0.2) is 57.0 Å². The maximum absolute atomic E-state index is 12.1. The molecule has 1 aliphatic heterocycles. The van der Waals surface area contributed by atoms with Crippen LogP contribution in [-0.2, 0) is 16.1 Å². The number of amides is 1. The van der Waals surface area contributed by atoms with E-state index in [1.54, 1.807) is 19.2 Å². The first-order chi connectivity index (χ1) is 16.1. The highest BCUT2D eigenvalue weighted by Gasteiger charge is 2.14. The van der Waals surface area contributed by atoms with Crippen molar-refractivity contribution in [3.63, 3.8) is 0 Å². The fourth-order valence-corrected chi connectivity index (χ4v) is 3.89. The number of nitrogens with zero attached hydrogens (tertiary/aromatic N) is 2. The molecule has 0 aromatic heterocycles. The third-order valence-corrected chi connectivity index (χ3v) is 5.60. The maximum Gasteiger partial charge on any atom is 0.254 e. The van der Waals surface area contributed by atoms with E-state index in [1.807, 2.05) is 23.1 Å². The van der Waals surface area contributed by atoms with Crippen molar-refractivity contribution >= 4 is 34.5 Å². The first-order valence-electron chi connectivity index (χ1n) is 10.7. The molecule has 1 amide bonds. The SMILES string of the molecule is COc1cc(/C=N/NC(=O)CN2CCOCC2)cc(Cl)c1OCc1ccc2ccccc2c1. The Morgan fingerprint density at radius 2 is 1.94 bits per heavy atom. The molecule has 1 heterocycles. The topological polar surface area (TPSA) is 72.4 Å². The highest BCUT2D eigenvalue weighted by Crippen LogP contribution is 2.36. The largest absolute Gasteiger partial charge is 0.493 e. The number of ether oxygens (including phenoxy) is 3. The van der Waals surface area contributed by atoms with Gasteiger partial charge in [-0.25, -0.2) is 5.43 Å². The van der Waals surface area contributed by atoms with Gasteiger partial charge in [0.05, 0.1) is 38.1 Å². The Morgan fingerprint density at radius 1 is 1.15 bits per heavy atom. The summed E-state index contributed by atoms with van der Waals surface area (Å²) in [7, 11) is 1.56. The minimum absolute atomic E-state index is 0.179. The molecule has 0 radical (unpaired) electrons. The Balaban J connectivity index is 1.38. The summed E-state index contributed by atoms with van der Waals surface area (Å²) < 4.78 is 16.8. The Bertz CT molecular complexity index is 1150. The van der Waals surface area contributed by atoms with Crippen molar-refractivity contribution in [2.75, 3.05) is 40.0 Å². The molecule has 0 bridgehead atoms. The summed E-state index contributed by atoms with van der Waals surface area (Å²) in [5.74, 6) is 0.770. The van der Waals surface area contributed by atoms with Crippen LogP contribution in [0.2, 0.25) is 5.02 Å². The van der Waals surface area contributed by atoms with Gasteiger partial charge in [0.15, 0.2) is 11.5 Å². The van der Waals surface area contributed by atoms with E-state index in [2.05, 4.69) is 34.8 Å². The molecular weight excluding hydrogens is 442 g/mol. The van der Waals surface area contributed by atoms with E-state index in [4.69, 9.17) is 25.8 Å². The van der Waals surface area contributed by atoms with Crippen molar-refractivity contribution < 1.29 is 19.0 Å². The van der Waals surface area contributed by atoms with E-state index < -0.39 is 0 Å². The number of halogens is 1. The lowest BCUT2D eigenvalue weighted by molar-refractivity contribution is -0.123. The zero-order chi connectivity index (χ0) is 23.0.